The maximum atomic E-state index is 5.48. The molecular weight excluding hydrogens is 352 g/mol. The van der Waals surface area contributed by atoms with Crippen LogP contribution in [0.4, 0.5) is 0 Å². The summed E-state index contributed by atoms with van der Waals surface area (Å²) in [6.45, 7) is 3.97. The van der Waals surface area contributed by atoms with Crippen molar-refractivity contribution < 1.29 is 9.47 Å². The lowest BCUT2D eigenvalue weighted by Gasteiger charge is -2.07. The van der Waals surface area contributed by atoms with Crippen LogP contribution >= 0.6 is 11.3 Å². The standard InChI is InChI=1S/C17H18N6O2S/c1-9-14(10(2)22(3)20-9)15-18-19-17-23(15)21-16(26-17)12-8-11(24-4)6-7-13(12)25-5/h6-8H,1-5H3. The number of aryl methyl sites for hydroxylation is 2. The van der Waals surface area contributed by atoms with E-state index in [4.69, 9.17) is 14.6 Å². The van der Waals surface area contributed by atoms with Crippen LogP contribution in [0, 0.1) is 13.8 Å². The molecule has 9 heteroatoms. The molecule has 0 N–H and O–H groups in total. The van der Waals surface area contributed by atoms with Gasteiger partial charge in [0.25, 0.3) is 0 Å². The lowest BCUT2D eigenvalue weighted by Crippen LogP contribution is -1.96. The quantitative estimate of drug-likeness (QED) is 0.550. The largest absolute Gasteiger partial charge is 0.497 e. The van der Waals surface area contributed by atoms with Crippen LogP contribution in [0.1, 0.15) is 11.4 Å². The second-order valence-electron chi connectivity index (χ2n) is 5.86. The Hall–Kier alpha value is -2.94. The van der Waals surface area contributed by atoms with Crippen LogP contribution in [0.2, 0.25) is 0 Å². The molecule has 1 aromatic carbocycles. The summed E-state index contributed by atoms with van der Waals surface area (Å²) in [6, 6.07) is 5.63. The van der Waals surface area contributed by atoms with Gasteiger partial charge >= 0.3 is 0 Å². The molecule has 0 spiro atoms. The number of nitrogens with zero attached hydrogens (tertiary/aromatic N) is 6. The molecule has 3 aromatic heterocycles. The van der Waals surface area contributed by atoms with Crippen molar-refractivity contribution in [2.45, 2.75) is 13.8 Å². The molecule has 0 saturated heterocycles. The molecule has 0 saturated carbocycles. The molecule has 0 aliphatic carbocycles. The van der Waals surface area contributed by atoms with Gasteiger partial charge in [-0.15, -0.1) is 10.2 Å². The van der Waals surface area contributed by atoms with Gasteiger partial charge in [-0.2, -0.15) is 14.7 Å². The smallest absolute Gasteiger partial charge is 0.235 e. The molecule has 0 aliphatic rings. The Morgan fingerprint density at radius 2 is 1.85 bits per heavy atom. The Balaban J connectivity index is 1.90. The van der Waals surface area contributed by atoms with Crippen LogP contribution in [0.15, 0.2) is 18.2 Å². The first-order valence-corrected chi connectivity index (χ1v) is 8.80. The first-order chi connectivity index (χ1) is 12.5. The van der Waals surface area contributed by atoms with E-state index in [-0.39, 0.29) is 0 Å². The Bertz CT molecular complexity index is 1110. The fourth-order valence-electron chi connectivity index (χ4n) is 2.96. The zero-order chi connectivity index (χ0) is 18.4. The van der Waals surface area contributed by atoms with E-state index in [1.165, 1.54) is 11.3 Å². The summed E-state index contributed by atoms with van der Waals surface area (Å²) in [4.78, 5) is 0.711. The topological polar surface area (TPSA) is 79.4 Å². The second kappa shape index (κ2) is 6.10. The average Bonchev–Trinajstić information content (AvgIpc) is 3.29. The highest BCUT2D eigenvalue weighted by molar-refractivity contribution is 7.19. The minimum Gasteiger partial charge on any atom is -0.497 e. The maximum absolute atomic E-state index is 5.48. The number of aromatic nitrogens is 6. The molecule has 134 valence electrons. The van der Waals surface area contributed by atoms with Crippen LogP contribution in [0.25, 0.3) is 26.9 Å². The molecule has 0 fully saturated rings. The third-order valence-corrected chi connectivity index (χ3v) is 5.29. The summed E-state index contributed by atoms with van der Waals surface area (Å²) in [5, 5.41) is 18.6. The van der Waals surface area contributed by atoms with Crippen LogP contribution in [-0.4, -0.2) is 43.8 Å². The van der Waals surface area contributed by atoms with Gasteiger partial charge in [-0.05, 0) is 32.0 Å². The van der Waals surface area contributed by atoms with E-state index in [2.05, 4.69) is 15.3 Å². The highest BCUT2D eigenvalue weighted by Gasteiger charge is 2.21. The molecule has 0 bridgehead atoms. The van der Waals surface area contributed by atoms with Gasteiger partial charge in [0.15, 0.2) is 10.8 Å². The molecule has 26 heavy (non-hydrogen) atoms. The van der Waals surface area contributed by atoms with Crippen molar-refractivity contribution >= 4 is 16.3 Å². The normalized spacial score (nSPS) is 11.3. The Morgan fingerprint density at radius 1 is 1.04 bits per heavy atom. The number of fused-ring (bicyclic) bond motifs is 1. The molecule has 4 rings (SSSR count). The van der Waals surface area contributed by atoms with E-state index >= 15 is 0 Å². The summed E-state index contributed by atoms with van der Waals surface area (Å²) in [6.07, 6.45) is 0. The number of hydrogen-bond acceptors (Lipinski definition) is 7. The third-order valence-electron chi connectivity index (χ3n) is 4.36. The Kier molecular flexibility index (Phi) is 3.87. The summed E-state index contributed by atoms with van der Waals surface area (Å²) >= 11 is 1.45. The van der Waals surface area contributed by atoms with Gasteiger partial charge in [0.05, 0.1) is 31.0 Å². The van der Waals surface area contributed by atoms with Crippen molar-refractivity contribution in [1.82, 2.24) is 29.6 Å². The van der Waals surface area contributed by atoms with Crippen LogP contribution < -0.4 is 9.47 Å². The minimum atomic E-state index is 0.687. The number of ether oxygens (including phenoxy) is 2. The molecule has 0 aliphatic heterocycles. The van der Waals surface area contributed by atoms with Crippen molar-refractivity contribution in [3.63, 3.8) is 0 Å². The van der Waals surface area contributed by atoms with Gasteiger partial charge in [0.2, 0.25) is 4.96 Å². The van der Waals surface area contributed by atoms with E-state index in [0.29, 0.717) is 10.8 Å². The zero-order valence-electron chi connectivity index (χ0n) is 15.1. The van der Waals surface area contributed by atoms with E-state index in [1.807, 2.05) is 43.8 Å². The number of rotatable bonds is 4. The number of methoxy groups -OCH3 is 2. The third kappa shape index (κ3) is 2.43. The van der Waals surface area contributed by atoms with Gasteiger partial charge in [-0.1, -0.05) is 11.3 Å². The number of benzene rings is 1. The van der Waals surface area contributed by atoms with E-state index in [0.717, 1.165) is 39.0 Å². The molecular formula is C17H18N6O2S. The molecule has 0 amide bonds. The lowest BCUT2D eigenvalue weighted by molar-refractivity contribution is 0.404. The van der Waals surface area contributed by atoms with Crippen LogP contribution in [0.3, 0.4) is 0 Å². The van der Waals surface area contributed by atoms with Gasteiger partial charge in [0.1, 0.15) is 11.5 Å². The van der Waals surface area contributed by atoms with Gasteiger partial charge in [0, 0.05) is 12.7 Å². The number of hydrogen-bond donors (Lipinski definition) is 0. The lowest BCUT2D eigenvalue weighted by atomic mass is 10.2. The molecule has 0 atom stereocenters. The van der Waals surface area contributed by atoms with Crippen LogP contribution in [0.5, 0.6) is 11.5 Å². The first kappa shape index (κ1) is 16.5. The molecule has 8 nitrogen and oxygen atoms in total. The summed E-state index contributed by atoms with van der Waals surface area (Å²) < 4.78 is 14.4. The van der Waals surface area contributed by atoms with Gasteiger partial charge in [-0.3, -0.25) is 4.68 Å². The van der Waals surface area contributed by atoms with Gasteiger partial charge < -0.3 is 9.47 Å². The maximum Gasteiger partial charge on any atom is 0.235 e. The predicted octanol–water partition coefficient (Wildman–Crippen LogP) is 2.89. The molecule has 3 heterocycles. The average molecular weight is 370 g/mol. The second-order valence-corrected chi connectivity index (χ2v) is 6.82. The Morgan fingerprint density at radius 3 is 2.50 bits per heavy atom. The minimum absolute atomic E-state index is 0.687. The van der Waals surface area contributed by atoms with Crippen molar-refractivity contribution in [2.24, 2.45) is 7.05 Å². The molecule has 0 unspecified atom stereocenters. The fourth-order valence-corrected chi connectivity index (χ4v) is 3.82. The van der Waals surface area contributed by atoms with Crippen LogP contribution in [-0.2, 0) is 7.05 Å². The fraction of sp³-hybridized carbons (Fsp3) is 0.294. The van der Waals surface area contributed by atoms with E-state index in [9.17, 15) is 0 Å². The summed E-state index contributed by atoms with van der Waals surface area (Å²) in [5.74, 6) is 2.16. The van der Waals surface area contributed by atoms with Crippen molar-refractivity contribution in [2.75, 3.05) is 14.2 Å². The SMILES string of the molecule is COc1ccc(OC)c(-c2nn3c(-c4c(C)nn(C)c4C)nnc3s2)c1. The predicted molar refractivity (Wildman–Crippen MR) is 98.9 cm³/mol. The van der Waals surface area contributed by atoms with E-state index < -0.39 is 0 Å². The monoisotopic (exact) mass is 370 g/mol. The summed E-state index contributed by atoms with van der Waals surface area (Å²) in [7, 11) is 5.19. The zero-order valence-corrected chi connectivity index (χ0v) is 16.0. The highest BCUT2D eigenvalue weighted by atomic mass is 32.1. The van der Waals surface area contributed by atoms with Crippen molar-refractivity contribution in [1.29, 1.82) is 0 Å². The first-order valence-electron chi connectivity index (χ1n) is 7.98. The Labute approximate surface area is 154 Å². The van der Waals surface area contributed by atoms with Crippen molar-refractivity contribution in [3.05, 3.63) is 29.6 Å². The van der Waals surface area contributed by atoms with Crippen molar-refractivity contribution in [3.8, 4) is 33.5 Å². The van der Waals surface area contributed by atoms with Gasteiger partial charge in [-0.25, -0.2) is 0 Å². The van der Waals surface area contributed by atoms with E-state index in [1.54, 1.807) is 18.7 Å². The molecule has 4 aromatic rings. The molecule has 0 radical (unpaired) electrons. The highest BCUT2D eigenvalue weighted by Crippen LogP contribution is 2.37. The summed E-state index contributed by atoms with van der Waals surface area (Å²) in [5.41, 5.74) is 3.72.